The molecule has 4 N–H and O–H groups in total. The lowest BCUT2D eigenvalue weighted by Crippen LogP contribution is -2.69. The fourth-order valence-electron chi connectivity index (χ4n) is 8.88. The summed E-state index contributed by atoms with van der Waals surface area (Å²) in [7, 11) is 0. The molecule has 3 spiro atoms. The van der Waals surface area contributed by atoms with Crippen LogP contribution in [0.1, 0.15) is 60.3 Å². The number of aliphatic hydroxyl groups excluding tert-OH is 3. The van der Waals surface area contributed by atoms with Crippen molar-refractivity contribution in [1.82, 2.24) is 0 Å². The summed E-state index contributed by atoms with van der Waals surface area (Å²) in [5.74, 6) is -1.29. The maximum absolute atomic E-state index is 12.1. The molecule has 4 bridgehead atoms. The van der Waals surface area contributed by atoms with Crippen LogP contribution in [0.5, 0.6) is 0 Å². The van der Waals surface area contributed by atoms with Crippen molar-refractivity contribution in [3.63, 3.8) is 0 Å². The van der Waals surface area contributed by atoms with Gasteiger partial charge in [-0.05, 0) is 38.5 Å². The van der Waals surface area contributed by atoms with E-state index >= 15 is 0 Å². The second-order valence-corrected chi connectivity index (χ2v) is 11.3. The van der Waals surface area contributed by atoms with Crippen LogP contribution in [0.2, 0.25) is 0 Å². The van der Waals surface area contributed by atoms with Gasteiger partial charge in [-0.2, -0.15) is 0 Å². The van der Waals surface area contributed by atoms with Gasteiger partial charge in [0.2, 0.25) is 0 Å². The van der Waals surface area contributed by atoms with Crippen LogP contribution in [0.3, 0.4) is 0 Å². The molecule has 5 rings (SSSR count). The number of fused-ring (bicyclic) bond motifs is 1. The van der Waals surface area contributed by atoms with Crippen LogP contribution < -0.4 is 0 Å². The Balaban J connectivity index is 1.74. The Bertz CT molecular complexity index is 764. The highest BCUT2D eigenvalue weighted by molar-refractivity contribution is 5.66. The van der Waals surface area contributed by atoms with Gasteiger partial charge in [0.1, 0.15) is 11.7 Å². The maximum atomic E-state index is 12.1. The highest BCUT2D eigenvalue weighted by atomic mass is 16.6. The molecule has 3 saturated carbocycles. The highest BCUT2D eigenvalue weighted by Crippen LogP contribution is 2.78. The molecule has 7 heteroatoms. The van der Waals surface area contributed by atoms with Gasteiger partial charge in [-0.25, -0.2) is 0 Å². The summed E-state index contributed by atoms with van der Waals surface area (Å²) in [4.78, 5) is 12.1. The number of ether oxygens (including phenoxy) is 2. The Kier molecular flexibility index (Phi) is 3.73. The predicted molar refractivity (Wildman–Crippen MR) is 102 cm³/mol. The second kappa shape index (κ2) is 5.36. The van der Waals surface area contributed by atoms with Crippen molar-refractivity contribution in [2.24, 2.45) is 28.6 Å². The summed E-state index contributed by atoms with van der Waals surface area (Å²) in [5, 5.41) is 44.6. The van der Waals surface area contributed by atoms with E-state index in [0.717, 1.165) is 0 Å². The zero-order valence-corrected chi connectivity index (χ0v) is 17.9. The van der Waals surface area contributed by atoms with Gasteiger partial charge in [0.15, 0.2) is 0 Å². The number of esters is 1. The van der Waals surface area contributed by atoms with Crippen molar-refractivity contribution in [2.75, 3.05) is 0 Å². The minimum Gasteiger partial charge on any atom is -0.459 e. The summed E-state index contributed by atoms with van der Waals surface area (Å²) in [6.07, 6.45) is -1.45. The average molecular weight is 411 g/mol. The van der Waals surface area contributed by atoms with Gasteiger partial charge in [-0.1, -0.05) is 20.8 Å². The minimum atomic E-state index is -1.04. The van der Waals surface area contributed by atoms with E-state index in [0.29, 0.717) is 25.7 Å². The summed E-state index contributed by atoms with van der Waals surface area (Å²) in [6.45, 7) is 8.90. The van der Waals surface area contributed by atoms with Crippen LogP contribution in [0.25, 0.3) is 0 Å². The Morgan fingerprint density at radius 1 is 1.14 bits per heavy atom. The van der Waals surface area contributed by atoms with Crippen LogP contribution in [-0.4, -0.2) is 67.6 Å². The molecule has 0 aromatic carbocycles. The second-order valence-electron chi connectivity index (χ2n) is 11.3. The molecular formula is C22H34O7. The Morgan fingerprint density at radius 2 is 1.79 bits per heavy atom. The van der Waals surface area contributed by atoms with E-state index in [1.54, 1.807) is 6.92 Å². The van der Waals surface area contributed by atoms with Crippen molar-refractivity contribution >= 4 is 5.97 Å². The molecule has 0 aromatic rings. The van der Waals surface area contributed by atoms with E-state index in [2.05, 4.69) is 0 Å². The molecule has 2 heterocycles. The Morgan fingerprint density at radius 3 is 2.41 bits per heavy atom. The molecule has 164 valence electrons. The van der Waals surface area contributed by atoms with E-state index in [9.17, 15) is 25.2 Å². The van der Waals surface area contributed by atoms with Gasteiger partial charge in [-0.15, -0.1) is 0 Å². The normalized spacial score (nSPS) is 61.9. The molecule has 3 aliphatic carbocycles. The standard InChI is InChI=1S/C22H34O7/c1-10-14-15(24)17(26)18(3,4)22(14)13(28-11(2)23)8-20-9-19(5,27)12(16(20)25)6-7-21(10,20)29-22/h10,12-17,24-27H,6-9H2,1-5H3/t10-,12-,13-,14-,15-,16+,17+,19-,20-,21-,22-/m1/s1. The minimum absolute atomic E-state index is 0.168. The van der Waals surface area contributed by atoms with Crippen molar-refractivity contribution in [3.8, 4) is 0 Å². The zero-order chi connectivity index (χ0) is 21.4. The summed E-state index contributed by atoms with van der Waals surface area (Å²) >= 11 is 0. The number of aliphatic hydroxyl groups is 4. The zero-order valence-electron chi connectivity index (χ0n) is 17.9. The van der Waals surface area contributed by atoms with Crippen LogP contribution in [0.15, 0.2) is 0 Å². The highest BCUT2D eigenvalue weighted by Gasteiger charge is 2.87. The van der Waals surface area contributed by atoms with Gasteiger partial charge < -0.3 is 29.9 Å². The molecule has 7 nitrogen and oxygen atoms in total. The number of hydrogen-bond acceptors (Lipinski definition) is 7. The van der Waals surface area contributed by atoms with Gasteiger partial charge in [0.05, 0.1) is 29.5 Å². The van der Waals surface area contributed by atoms with E-state index in [1.165, 1.54) is 6.92 Å². The average Bonchev–Trinajstić information content (AvgIpc) is 2.97. The van der Waals surface area contributed by atoms with Crippen LogP contribution in [0.4, 0.5) is 0 Å². The lowest BCUT2D eigenvalue weighted by Gasteiger charge is -2.61. The van der Waals surface area contributed by atoms with Gasteiger partial charge >= 0.3 is 5.97 Å². The fourth-order valence-corrected chi connectivity index (χ4v) is 8.88. The van der Waals surface area contributed by atoms with E-state index < -0.39 is 63.9 Å². The number of hydrogen-bond donors (Lipinski definition) is 4. The first-order valence-electron chi connectivity index (χ1n) is 10.9. The molecular weight excluding hydrogens is 376 g/mol. The summed E-state index contributed by atoms with van der Waals surface area (Å²) in [5.41, 5.74) is -4.40. The van der Waals surface area contributed by atoms with Gasteiger partial charge in [-0.3, -0.25) is 4.79 Å². The first kappa shape index (κ1) is 20.2. The number of carbonyl (C=O) groups is 1. The third-order valence-corrected chi connectivity index (χ3v) is 9.98. The topological polar surface area (TPSA) is 116 Å². The van der Waals surface area contributed by atoms with Crippen molar-refractivity contribution in [2.45, 2.75) is 102 Å². The lowest BCUT2D eigenvalue weighted by molar-refractivity contribution is -0.318. The van der Waals surface area contributed by atoms with Crippen molar-refractivity contribution in [3.05, 3.63) is 0 Å². The molecule has 0 unspecified atom stereocenters. The number of rotatable bonds is 1. The third kappa shape index (κ3) is 1.88. The maximum Gasteiger partial charge on any atom is 0.303 e. The fraction of sp³-hybridized carbons (Fsp3) is 0.955. The molecule has 5 aliphatic rings. The van der Waals surface area contributed by atoms with Gasteiger partial charge in [0, 0.05) is 29.6 Å². The van der Waals surface area contributed by atoms with E-state index in [-0.39, 0.29) is 11.8 Å². The molecule has 2 aliphatic heterocycles. The Hall–Kier alpha value is -0.730. The Labute approximate surface area is 171 Å². The van der Waals surface area contributed by atoms with Crippen molar-refractivity contribution in [1.29, 1.82) is 0 Å². The van der Waals surface area contributed by atoms with E-state index in [1.807, 2.05) is 20.8 Å². The monoisotopic (exact) mass is 410 g/mol. The molecule has 11 atom stereocenters. The van der Waals surface area contributed by atoms with Crippen LogP contribution >= 0.6 is 0 Å². The van der Waals surface area contributed by atoms with Gasteiger partial charge in [0.25, 0.3) is 0 Å². The van der Waals surface area contributed by atoms with Crippen LogP contribution in [0, 0.1) is 28.6 Å². The predicted octanol–water partition coefficient (Wildman–Crippen LogP) is 0.755. The summed E-state index contributed by atoms with van der Waals surface area (Å²) in [6, 6.07) is 0. The third-order valence-electron chi connectivity index (χ3n) is 9.98. The molecule has 0 radical (unpaired) electrons. The SMILES string of the molecule is CC(=O)O[C@@H]1C[C@]23C[C@@](C)(O)[C@H](CC[C@]24O[C@@]12[C@@H]([C@@H](O)[C@H](O)C2(C)C)[C@H]4C)[C@@H]3O. The number of carbonyl (C=O) groups excluding carboxylic acids is 1. The molecule has 0 amide bonds. The molecule has 5 fully saturated rings. The smallest absolute Gasteiger partial charge is 0.303 e. The molecule has 29 heavy (non-hydrogen) atoms. The van der Waals surface area contributed by atoms with Crippen LogP contribution in [-0.2, 0) is 14.3 Å². The van der Waals surface area contributed by atoms with Crippen molar-refractivity contribution < 1.29 is 34.7 Å². The lowest BCUT2D eigenvalue weighted by atomic mass is 9.55. The first-order valence-corrected chi connectivity index (χ1v) is 10.9. The molecule has 2 saturated heterocycles. The first-order chi connectivity index (χ1) is 13.3. The quantitative estimate of drug-likeness (QED) is 0.472. The van der Waals surface area contributed by atoms with E-state index in [4.69, 9.17) is 9.47 Å². The summed E-state index contributed by atoms with van der Waals surface area (Å²) < 4.78 is 12.8. The molecule has 0 aromatic heterocycles. The largest absolute Gasteiger partial charge is 0.459 e.